The van der Waals surface area contributed by atoms with Gasteiger partial charge in [0.25, 0.3) is 0 Å². The number of Topliss-reactive ketones (excluding diaryl/α,β-unsaturated/α-hetero) is 2. The molecule has 0 saturated heterocycles. The van der Waals surface area contributed by atoms with Crippen LogP contribution in [0.4, 0.5) is 0 Å². The number of fused-ring (bicyclic) bond motifs is 1. The van der Waals surface area contributed by atoms with Gasteiger partial charge in [-0.25, -0.2) is 0 Å². The Morgan fingerprint density at radius 1 is 1.11 bits per heavy atom. The van der Waals surface area contributed by atoms with Gasteiger partial charge >= 0.3 is 0 Å². The minimum atomic E-state index is -0.166. The van der Waals surface area contributed by atoms with Crippen LogP contribution in [0, 0.1) is 0 Å². The monoisotopic (exact) mass is 242 g/mol. The summed E-state index contributed by atoms with van der Waals surface area (Å²) >= 11 is 0. The number of aromatic hydroxyl groups is 1. The predicted octanol–water partition coefficient (Wildman–Crippen LogP) is 3.34. The average Bonchev–Trinajstić information content (AvgIpc) is 2.38. The maximum atomic E-state index is 11.8. The van der Waals surface area contributed by atoms with Crippen molar-refractivity contribution in [3.05, 3.63) is 41.5 Å². The molecule has 3 heteroatoms. The summed E-state index contributed by atoms with van der Waals surface area (Å²) < 4.78 is 0. The lowest BCUT2D eigenvalue weighted by Crippen LogP contribution is -2.02. The minimum absolute atomic E-state index is 0.0394. The number of ketones is 2. The Bertz CT molecular complexity index is 641. The zero-order chi connectivity index (χ0) is 13.3. The van der Waals surface area contributed by atoms with Gasteiger partial charge in [-0.3, -0.25) is 9.59 Å². The van der Waals surface area contributed by atoms with E-state index >= 15 is 0 Å². The number of phenolic OH excluding ortho intramolecular Hbond substituents is 1. The lowest BCUT2D eigenvalue weighted by molar-refractivity contribution is 0.0986. The fourth-order valence-electron chi connectivity index (χ4n) is 2.05. The lowest BCUT2D eigenvalue weighted by atomic mass is 9.95. The summed E-state index contributed by atoms with van der Waals surface area (Å²) in [6.07, 6.45) is 0.295. The van der Waals surface area contributed by atoms with E-state index in [9.17, 15) is 14.7 Å². The summed E-state index contributed by atoms with van der Waals surface area (Å²) in [7, 11) is 0. The molecule has 0 aliphatic heterocycles. The van der Waals surface area contributed by atoms with Gasteiger partial charge in [-0.2, -0.15) is 0 Å². The highest BCUT2D eigenvalue weighted by Crippen LogP contribution is 2.32. The lowest BCUT2D eigenvalue weighted by Gasteiger charge is -2.10. The smallest absolute Gasteiger partial charge is 0.166 e. The van der Waals surface area contributed by atoms with Crippen molar-refractivity contribution in [2.75, 3.05) is 0 Å². The van der Waals surface area contributed by atoms with Crippen molar-refractivity contribution < 1.29 is 14.7 Å². The first-order chi connectivity index (χ1) is 8.56. The number of hydrogen-bond donors (Lipinski definition) is 1. The van der Waals surface area contributed by atoms with Crippen molar-refractivity contribution in [3.63, 3.8) is 0 Å². The molecular weight excluding hydrogens is 228 g/mol. The summed E-state index contributed by atoms with van der Waals surface area (Å²) in [5.41, 5.74) is 0.696. The van der Waals surface area contributed by atoms with E-state index in [4.69, 9.17) is 0 Å². The summed E-state index contributed by atoms with van der Waals surface area (Å²) in [5, 5.41) is 11.3. The molecule has 0 atom stereocenters. The molecule has 92 valence electrons. The molecule has 0 heterocycles. The van der Waals surface area contributed by atoms with E-state index in [0.29, 0.717) is 22.8 Å². The molecule has 0 saturated carbocycles. The molecule has 0 unspecified atom stereocenters. The average molecular weight is 242 g/mol. The molecule has 3 nitrogen and oxygen atoms in total. The SMILES string of the molecule is CCC(=O)c1cc(C(C)=O)c2ccccc2c1O. The molecule has 0 aliphatic carbocycles. The second-order valence-electron chi connectivity index (χ2n) is 4.20. The first-order valence-electron chi connectivity index (χ1n) is 5.85. The van der Waals surface area contributed by atoms with E-state index in [0.717, 1.165) is 0 Å². The highest BCUT2D eigenvalue weighted by molar-refractivity contribution is 6.13. The van der Waals surface area contributed by atoms with Crippen LogP contribution >= 0.6 is 0 Å². The molecule has 0 aromatic heterocycles. The topological polar surface area (TPSA) is 54.4 Å². The number of carbonyl (C=O) groups is 2. The van der Waals surface area contributed by atoms with E-state index < -0.39 is 0 Å². The standard InChI is InChI=1S/C15H14O3/c1-3-14(17)13-8-12(9(2)16)10-6-4-5-7-11(10)15(13)18/h4-8,18H,3H2,1-2H3. The zero-order valence-electron chi connectivity index (χ0n) is 10.4. The normalized spacial score (nSPS) is 10.6. The van der Waals surface area contributed by atoms with Crippen molar-refractivity contribution in [1.82, 2.24) is 0 Å². The highest BCUT2D eigenvalue weighted by atomic mass is 16.3. The van der Waals surface area contributed by atoms with Crippen LogP contribution in [0.5, 0.6) is 5.75 Å². The van der Waals surface area contributed by atoms with Crippen molar-refractivity contribution in [3.8, 4) is 5.75 Å². The number of carbonyl (C=O) groups excluding carboxylic acids is 2. The van der Waals surface area contributed by atoms with Gasteiger partial charge in [0.05, 0.1) is 5.56 Å². The number of phenols is 1. The molecule has 0 amide bonds. The molecule has 2 aromatic rings. The van der Waals surface area contributed by atoms with Gasteiger partial charge < -0.3 is 5.11 Å². The maximum absolute atomic E-state index is 11.8. The second-order valence-corrected chi connectivity index (χ2v) is 4.20. The van der Waals surface area contributed by atoms with Crippen LogP contribution in [0.2, 0.25) is 0 Å². The second kappa shape index (κ2) is 4.61. The number of benzene rings is 2. The van der Waals surface area contributed by atoms with Gasteiger partial charge in [-0.1, -0.05) is 31.2 Å². The van der Waals surface area contributed by atoms with Gasteiger partial charge in [0.15, 0.2) is 11.6 Å². The van der Waals surface area contributed by atoms with Gasteiger partial charge in [-0.15, -0.1) is 0 Å². The fourth-order valence-corrected chi connectivity index (χ4v) is 2.05. The summed E-state index contributed by atoms with van der Waals surface area (Å²) in [6, 6.07) is 8.54. The van der Waals surface area contributed by atoms with E-state index in [2.05, 4.69) is 0 Å². The number of rotatable bonds is 3. The Morgan fingerprint density at radius 2 is 1.72 bits per heavy atom. The first-order valence-corrected chi connectivity index (χ1v) is 5.85. The molecule has 18 heavy (non-hydrogen) atoms. The Kier molecular flexibility index (Phi) is 3.15. The number of hydrogen-bond acceptors (Lipinski definition) is 3. The van der Waals surface area contributed by atoms with Gasteiger partial charge in [-0.05, 0) is 18.4 Å². The Hall–Kier alpha value is -2.16. The van der Waals surface area contributed by atoms with E-state index in [-0.39, 0.29) is 22.9 Å². The zero-order valence-corrected chi connectivity index (χ0v) is 10.4. The summed E-state index contributed by atoms with van der Waals surface area (Å²) in [4.78, 5) is 23.4. The van der Waals surface area contributed by atoms with Crippen molar-refractivity contribution in [1.29, 1.82) is 0 Å². The maximum Gasteiger partial charge on any atom is 0.166 e. The molecular formula is C15H14O3. The molecule has 0 radical (unpaired) electrons. The summed E-state index contributed by atoms with van der Waals surface area (Å²) in [6.45, 7) is 3.18. The van der Waals surface area contributed by atoms with Crippen molar-refractivity contribution in [2.24, 2.45) is 0 Å². The Balaban J connectivity index is 2.87. The minimum Gasteiger partial charge on any atom is -0.507 e. The Labute approximate surface area is 105 Å². The largest absolute Gasteiger partial charge is 0.507 e. The fraction of sp³-hybridized carbons (Fsp3) is 0.200. The van der Waals surface area contributed by atoms with Crippen LogP contribution in [0.1, 0.15) is 41.0 Å². The third kappa shape index (κ3) is 1.88. The molecule has 0 fully saturated rings. The third-order valence-corrected chi connectivity index (χ3v) is 3.02. The van der Waals surface area contributed by atoms with Gasteiger partial charge in [0.1, 0.15) is 5.75 Å². The van der Waals surface area contributed by atoms with Crippen molar-refractivity contribution in [2.45, 2.75) is 20.3 Å². The van der Waals surface area contributed by atoms with Gasteiger partial charge in [0, 0.05) is 17.4 Å². The molecule has 2 aromatic carbocycles. The summed E-state index contributed by atoms with van der Waals surface area (Å²) in [5.74, 6) is -0.320. The molecule has 0 spiro atoms. The molecule has 1 N–H and O–H groups in total. The van der Waals surface area contributed by atoms with Crippen LogP contribution in [0.25, 0.3) is 10.8 Å². The van der Waals surface area contributed by atoms with Gasteiger partial charge in [0.2, 0.25) is 0 Å². The van der Waals surface area contributed by atoms with Crippen LogP contribution in [-0.2, 0) is 0 Å². The van der Waals surface area contributed by atoms with Crippen LogP contribution in [-0.4, -0.2) is 16.7 Å². The predicted molar refractivity (Wildman–Crippen MR) is 70.2 cm³/mol. The van der Waals surface area contributed by atoms with E-state index in [1.165, 1.54) is 13.0 Å². The Morgan fingerprint density at radius 3 is 2.28 bits per heavy atom. The quantitative estimate of drug-likeness (QED) is 0.840. The molecule has 2 rings (SSSR count). The van der Waals surface area contributed by atoms with Crippen molar-refractivity contribution >= 4 is 22.3 Å². The van der Waals surface area contributed by atoms with Crippen LogP contribution < -0.4 is 0 Å². The van der Waals surface area contributed by atoms with E-state index in [1.807, 2.05) is 0 Å². The molecule has 0 aliphatic rings. The van der Waals surface area contributed by atoms with Crippen LogP contribution in [0.15, 0.2) is 30.3 Å². The third-order valence-electron chi connectivity index (χ3n) is 3.02. The highest BCUT2D eigenvalue weighted by Gasteiger charge is 2.17. The van der Waals surface area contributed by atoms with E-state index in [1.54, 1.807) is 31.2 Å². The van der Waals surface area contributed by atoms with Crippen LogP contribution in [0.3, 0.4) is 0 Å². The first kappa shape index (κ1) is 12.3. The molecule has 0 bridgehead atoms.